The van der Waals surface area contributed by atoms with Gasteiger partial charge >= 0.3 is 5.97 Å². The lowest BCUT2D eigenvalue weighted by atomic mass is 9.82. The molecular formula is C20H23NO5S. The molecule has 2 aromatic carbocycles. The summed E-state index contributed by atoms with van der Waals surface area (Å²) in [7, 11) is -3.65. The van der Waals surface area contributed by atoms with Crippen LogP contribution in [-0.2, 0) is 20.0 Å². The van der Waals surface area contributed by atoms with E-state index in [0.29, 0.717) is 5.56 Å². The van der Waals surface area contributed by atoms with Crippen LogP contribution in [0.3, 0.4) is 0 Å². The highest BCUT2D eigenvalue weighted by Crippen LogP contribution is 2.24. The van der Waals surface area contributed by atoms with Gasteiger partial charge in [0.05, 0.1) is 15.7 Å². The van der Waals surface area contributed by atoms with Crippen LogP contribution in [0.25, 0.3) is 0 Å². The lowest BCUT2D eigenvalue weighted by Gasteiger charge is -2.26. The molecule has 2 aromatic rings. The molecule has 0 heterocycles. The molecule has 2 N–H and O–H groups in total. The number of benzene rings is 2. The number of carboxylic acid groups (broad SMARTS) is 1. The first-order valence-electron chi connectivity index (χ1n) is 8.50. The van der Waals surface area contributed by atoms with Crippen LogP contribution >= 0.6 is 0 Å². The number of nitrogens with one attached hydrogen (secondary N) is 1. The molecule has 144 valence electrons. The molecule has 7 heteroatoms. The van der Waals surface area contributed by atoms with Gasteiger partial charge in [-0.1, -0.05) is 42.5 Å². The first-order valence-corrected chi connectivity index (χ1v) is 10.1. The second-order valence-corrected chi connectivity index (χ2v) is 9.25. The minimum Gasteiger partial charge on any atom is -0.481 e. The highest BCUT2D eigenvalue weighted by Gasteiger charge is 2.36. The van der Waals surface area contributed by atoms with Crippen LogP contribution in [0, 0.1) is 0 Å². The van der Waals surface area contributed by atoms with Crippen molar-refractivity contribution in [3.8, 4) is 0 Å². The van der Waals surface area contributed by atoms with Crippen LogP contribution in [0.1, 0.15) is 36.7 Å². The summed E-state index contributed by atoms with van der Waals surface area (Å²) in [6, 6.07) is 14.5. The average Bonchev–Trinajstić information content (AvgIpc) is 2.66. The number of amides is 1. The van der Waals surface area contributed by atoms with E-state index in [1.54, 1.807) is 56.3 Å². The standard InChI is InChI=1S/C20H23NO5S/c1-14(2)27(25,26)17-12-8-7-11-16(17)18(22)21-13-20(3,19(23)24)15-9-5-4-6-10-15/h4-12,14H,13H2,1-3H3,(H,21,22)(H,23,24). The summed E-state index contributed by atoms with van der Waals surface area (Å²) in [6.45, 7) is 4.42. The van der Waals surface area contributed by atoms with Crippen molar-refractivity contribution in [1.82, 2.24) is 5.32 Å². The Labute approximate surface area is 159 Å². The molecule has 0 radical (unpaired) electrons. The van der Waals surface area contributed by atoms with Crippen molar-refractivity contribution in [3.63, 3.8) is 0 Å². The first kappa shape index (κ1) is 20.6. The Kier molecular flexibility index (Phi) is 6.05. The lowest BCUT2D eigenvalue weighted by molar-refractivity contribution is -0.142. The zero-order valence-corrected chi connectivity index (χ0v) is 16.3. The second-order valence-electron chi connectivity index (χ2n) is 6.78. The van der Waals surface area contributed by atoms with E-state index in [9.17, 15) is 23.1 Å². The SMILES string of the molecule is CC(C)S(=O)(=O)c1ccccc1C(=O)NCC(C)(C(=O)O)c1ccccc1. The van der Waals surface area contributed by atoms with Crippen LogP contribution in [0.4, 0.5) is 0 Å². The van der Waals surface area contributed by atoms with Gasteiger partial charge < -0.3 is 10.4 Å². The van der Waals surface area contributed by atoms with Crippen molar-refractivity contribution in [2.75, 3.05) is 6.54 Å². The van der Waals surface area contributed by atoms with Crippen LogP contribution < -0.4 is 5.32 Å². The molecule has 0 bridgehead atoms. The van der Waals surface area contributed by atoms with Crippen molar-refractivity contribution in [2.45, 2.75) is 36.3 Å². The third-order valence-corrected chi connectivity index (χ3v) is 6.75. The molecule has 0 spiro atoms. The molecule has 0 saturated carbocycles. The highest BCUT2D eigenvalue weighted by molar-refractivity contribution is 7.92. The van der Waals surface area contributed by atoms with Crippen molar-refractivity contribution in [3.05, 3.63) is 65.7 Å². The number of sulfone groups is 1. The van der Waals surface area contributed by atoms with Crippen molar-refractivity contribution >= 4 is 21.7 Å². The van der Waals surface area contributed by atoms with E-state index in [1.807, 2.05) is 0 Å². The maximum absolute atomic E-state index is 12.7. The Morgan fingerprint density at radius 3 is 2.15 bits per heavy atom. The maximum atomic E-state index is 12.7. The van der Waals surface area contributed by atoms with Gasteiger partial charge in [0.15, 0.2) is 9.84 Å². The highest BCUT2D eigenvalue weighted by atomic mass is 32.2. The summed E-state index contributed by atoms with van der Waals surface area (Å²) in [5, 5.41) is 11.6. The topological polar surface area (TPSA) is 101 Å². The normalized spacial score (nSPS) is 13.8. The van der Waals surface area contributed by atoms with Gasteiger partial charge in [0.2, 0.25) is 0 Å². The molecule has 0 aliphatic rings. The quantitative estimate of drug-likeness (QED) is 0.758. The molecular weight excluding hydrogens is 366 g/mol. The first-order chi connectivity index (χ1) is 12.6. The molecule has 1 amide bonds. The van der Waals surface area contributed by atoms with Crippen LogP contribution in [0.2, 0.25) is 0 Å². The summed E-state index contributed by atoms with van der Waals surface area (Å²) in [4.78, 5) is 24.4. The number of carbonyl (C=O) groups excluding carboxylic acids is 1. The van der Waals surface area contributed by atoms with E-state index in [0.717, 1.165) is 0 Å². The minimum atomic E-state index is -3.65. The molecule has 6 nitrogen and oxygen atoms in total. The van der Waals surface area contributed by atoms with Crippen LogP contribution in [-0.4, -0.2) is 37.2 Å². The van der Waals surface area contributed by atoms with Crippen molar-refractivity contribution in [2.24, 2.45) is 0 Å². The van der Waals surface area contributed by atoms with E-state index in [2.05, 4.69) is 5.32 Å². The molecule has 2 rings (SSSR count). The summed E-state index contributed by atoms with van der Waals surface area (Å²) < 4.78 is 25.0. The number of carboxylic acids is 1. The van der Waals surface area contributed by atoms with Gasteiger partial charge in [-0.3, -0.25) is 9.59 Å². The third-order valence-electron chi connectivity index (χ3n) is 4.54. The summed E-state index contributed by atoms with van der Waals surface area (Å²) in [5.41, 5.74) is -0.795. The molecule has 1 unspecified atom stereocenters. The zero-order valence-electron chi connectivity index (χ0n) is 15.5. The van der Waals surface area contributed by atoms with E-state index in [-0.39, 0.29) is 17.0 Å². The van der Waals surface area contributed by atoms with E-state index in [1.165, 1.54) is 19.1 Å². The fraction of sp³-hybridized carbons (Fsp3) is 0.300. The van der Waals surface area contributed by atoms with Gasteiger partial charge in [-0.25, -0.2) is 8.42 Å². The van der Waals surface area contributed by atoms with Gasteiger partial charge in [-0.05, 0) is 38.5 Å². The molecule has 0 saturated heterocycles. The Morgan fingerprint density at radius 1 is 1.04 bits per heavy atom. The number of rotatable bonds is 7. The van der Waals surface area contributed by atoms with Gasteiger partial charge in [0.25, 0.3) is 5.91 Å². The fourth-order valence-corrected chi connectivity index (χ4v) is 3.86. The average molecular weight is 389 g/mol. The van der Waals surface area contributed by atoms with E-state index in [4.69, 9.17) is 0 Å². The van der Waals surface area contributed by atoms with Gasteiger partial charge in [-0.15, -0.1) is 0 Å². The number of hydrogen-bond acceptors (Lipinski definition) is 4. The smallest absolute Gasteiger partial charge is 0.315 e. The van der Waals surface area contributed by atoms with Gasteiger partial charge in [0.1, 0.15) is 5.41 Å². The van der Waals surface area contributed by atoms with Crippen LogP contribution in [0.5, 0.6) is 0 Å². The molecule has 0 fully saturated rings. The Morgan fingerprint density at radius 2 is 1.59 bits per heavy atom. The molecule has 27 heavy (non-hydrogen) atoms. The summed E-state index contributed by atoms with van der Waals surface area (Å²) in [5.74, 6) is -1.71. The largest absolute Gasteiger partial charge is 0.481 e. The monoisotopic (exact) mass is 389 g/mol. The second kappa shape index (κ2) is 7.92. The fourth-order valence-electron chi connectivity index (χ4n) is 2.62. The summed E-state index contributed by atoms with van der Waals surface area (Å²) in [6.07, 6.45) is 0. The minimum absolute atomic E-state index is 0.00648. The van der Waals surface area contributed by atoms with Gasteiger partial charge in [0, 0.05) is 6.54 Å². The molecule has 0 aliphatic carbocycles. The molecule has 0 aromatic heterocycles. The summed E-state index contributed by atoms with van der Waals surface area (Å²) >= 11 is 0. The predicted molar refractivity (Wildman–Crippen MR) is 103 cm³/mol. The number of carbonyl (C=O) groups is 2. The van der Waals surface area contributed by atoms with Crippen LogP contribution in [0.15, 0.2) is 59.5 Å². The molecule has 1 atom stereocenters. The van der Waals surface area contributed by atoms with E-state index < -0.39 is 32.4 Å². The molecule has 0 aliphatic heterocycles. The number of aliphatic carboxylic acids is 1. The number of hydrogen-bond donors (Lipinski definition) is 2. The Bertz CT molecular complexity index is 938. The Balaban J connectivity index is 2.32. The third kappa shape index (κ3) is 4.19. The zero-order chi connectivity index (χ0) is 20.2. The predicted octanol–water partition coefficient (Wildman–Crippen LogP) is 2.64. The van der Waals surface area contributed by atoms with Crippen molar-refractivity contribution < 1.29 is 23.1 Å². The van der Waals surface area contributed by atoms with Gasteiger partial charge in [-0.2, -0.15) is 0 Å². The van der Waals surface area contributed by atoms with E-state index >= 15 is 0 Å². The van der Waals surface area contributed by atoms with Crippen molar-refractivity contribution in [1.29, 1.82) is 0 Å². The Hall–Kier alpha value is -2.67. The maximum Gasteiger partial charge on any atom is 0.315 e. The lowest BCUT2D eigenvalue weighted by Crippen LogP contribution is -2.44.